The van der Waals surface area contributed by atoms with Crippen LogP contribution < -0.4 is 0 Å². The van der Waals surface area contributed by atoms with E-state index >= 15 is 0 Å². The predicted octanol–water partition coefficient (Wildman–Crippen LogP) is 5.09. The minimum absolute atomic E-state index is 1.11. The van der Waals surface area contributed by atoms with E-state index in [0.717, 1.165) is 6.42 Å². The lowest BCUT2D eigenvalue weighted by Gasteiger charge is -1.96. The van der Waals surface area contributed by atoms with Crippen LogP contribution in [0.4, 0.5) is 0 Å². The first-order chi connectivity index (χ1) is 7.81. The van der Waals surface area contributed by atoms with Crippen molar-refractivity contribution in [3.05, 3.63) is 35.5 Å². The largest absolute Gasteiger partial charge is 0.359 e. The van der Waals surface area contributed by atoms with E-state index in [0.29, 0.717) is 0 Å². The molecule has 2 aromatic rings. The maximum Gasteiger partial charge on any atom is 0.0458 e. The molecule has 1 N–H and O–H groups in total. The quantitative estimate of drug-likeness (QED) is 0.687. The third-order valence-electron chi connectivity index (χ3n) is 2.27. The van der Waals surface area contributed by atoms with Crippen molar-refractivity contribution in [3.63, 3.8) is 0 Å². The van der Waals surface area contributed by atoms with Crippen molar-refractivity contribution in [1.29, 1.82) is 0 Å². The average molecular weight is 219 g/mol. The van der Waals surface area contributed by atoms with Gasteiger partial charge in [-0.1, -0.05) is 46.8 Å². The smallest absolute Gasteiger partial charge is 0.0458 e. The fourth-order valence-electron chi connectivity index (χ4n) is 1.67. The van der Waals surface area contributed by atoms with Gasteiger partial charge in [-0.2, -0.15) is 0 Å². The van der Waals surface area contributed by atoms with Crippen LogP contribution in [0.1, 0.15) is 45.9 Å². The molecule has 0 fully saturated rings. The number of hydrogen-bond donors (Lipinski definition) is 1. The molecule has 90 valence electrons. The fourth-order valence-corrected chi connectivity index (χ4v) is 1.67. The Kier molecular flexibility index (Phi) is 7.36. The minimum Gasteiger partial charge on any atom is -0.359 e. The van der Waals surface area contributed by atoms with E-state index in [1.54, 1.807) is 0 Å². The van der Waals surface area contributed by atoms with Crippen molar-refractivity contribution in [1.82, 2.24) is 4.98 Å². The highest BCUT2D eigenvalue weighted by Crippen LogP contribution is 2.19. The standard InChI is InChI=1S/C11H13N.2C2H6/c1-3-9-5-4-6-11-10(9)7-8(2)12-11;2*1-2/h4-7,12H,3H2,1-2H3;2*1-2H3. The summed E-state index contributed by atoms with van der Waals surface area (Å²) >= 11 is 0. The number of H-pyrrole nitrogens is 1. The number of rotatable bonds is 1. The summed E-state index contributed by atoms with van der Waals surface area (Å²) < 4.78 is 0. The zero-order valence-electron chi connectivity index (χ0n) is 11.5. The minimum atomic E-state index is 1.11. The molecular weight excluding hydrogens is 194 g/mol. The SMILES string of the molecule is CC.CC.CCc1cccc2[nH]c(C)cc12. The lowest BCUT2D eigenvalue weighted by Crippen LogP contribution is -1.79. The molecule has 0 aliphatic rings. The van der Waals surface area contributed by atoms with Crippen LogP contribution in [-0.2, 0) is 6.42 Å². The third kappa shape index (κ3) is 3.41. The van der Waals surface area contributed by atoms with Gasteiger partial charge in [-0.05, 0) is 31.0 Å². The summed E-state index contributed by atoms with van der Waals surface area (Å²) in [4.78, 5) is 3.33. The molecule has 1 aromatic carbocycles. The molecule has 0 bridgehead atoms. The molecule has 1 heterocycles. The van der Waals surface area contributed by atoms with E-state index in [-0.39, 0.29) is 0 Å². The Bertz CT molecular complexity index is 399. The molecule has 0 aliphatic carbocycles. The second kappa shape index (κ2) is 7.98. The number of nitrogens with one attached hydrogen (secondary N) is 1. The van der Waals surface area contributed by atoms with Crippen LogP contribution in [0.25, 0.3) is 10.9 Å². The Morgan fingerprint density at radius 2 is 1.69 bits per heavy atom. The highest BCUT2D eigenvalue weighted by Gasteiger charge is 2.00. The molecule has 0 radical (unpaired) electrons. The summed E-state index contributed by atoms with van der Waals surface area (Å²) in [5.41, 5.74) is 3.93. The van der Waals surface area contributed by atoms with Crippen LogP contribution >= 0.6 is 0 Å². The molecular formula is C15H25N. The third-order valence-corrected chi connectivity index (χ3v) is 2.27. The van der Waals surface area contributed by atoms with Gasteiger partial charge in [0.25, 0.3) is 0 Å². The van der Waals surface area contributed by atoms with Crippen molar-refractivity contribution < 1.29 is 0 Å². The summed E-state index contributed by atoms with van der Waals surface area (Å²) in [7, 11) is 0. The summed E-state index contributed by atoms with van der Waals surface area (Å²) in [6.45, 7) is 12.3. The first kappa shape index (κ1) is 14.8. The van der Waals surface area contributed by atoms with Crippen LogP contribution in [0, 0.1) is 6.92 Å². The highest BCUT2D eigenvalue weighted by atomic mass is 14.7. The van der Waals surface area contributed by atoms with Gasteiger partial charge < -0.3 is 4.98 Å². The van der Waals surface area contributed by atoms with Crippen LogP contribution in [0.2, 0.25) is 0 Å². The molecule has 1 heteroatoms. The molecule has 0 unspecified atom stereocenters. The second-order valence-corrected chi connectivity index (χ2v) is 3.18. The molecule has 2 rings (SSSR count). The molecule has 1 aromatic heterocycles. The number of hydrogen-bond acceptors (Lipinski definition) is 0. The predicted molar refractivity (Wildman–Crippen MR) is 75.1 cm³/mol. The number of benzene rings is 1. The van der Waals surface area contributed by atoms with Crippen molar-refractivity contribution >= 4 is 10.9 Å². The molecule has 0 saturated carbocycles. The Labute approximate surface area is 99.9 Å². The maximum atomic E-state index is 3.33. The van der Waals surface area contributed by atoms with E-state index < -0.39 is 0 Å². The van der Waals surface area contributed by atoms with E-state index in [9.17, 15) is 0 Å². The Hall–Kier alpha value is -1.24. The van der Waals surface area contributed by atoms with E-state index in [1.165, 1.54) is 22.2 Å². The molecule has 0 saturated heterocycles. The van der Waals surface area contributed by atoms with Crippen LogP contribution in [0.5, 0.6) is 0 Å². The lowest BCUT2D eigenvalue weighted by molar-refractivity contribution is 1.16. The van der Waals surface area contributed by atoms with Gasteiger partial charge in [0.2, 0.25) is 0 Å². The molecule has 0 aliphatic heterocycles. The van der Waals surface area contributed by atoms with Gasteiger partial charge >= 0.3 is 0 Å². The normalized spacial score (nSPS) is 8.88. The van der Waals surface area contributed by atoms with Gasteiger partial charge in [-0.25, -0.2) is 0 Å². The lowest BCUT2D eigenvalue weighted by atomic mass is 10.1. The number of aromatic amines is 1. The van der Waals surface area contributed by atoms with E-state index in [4.69, 9.17) is 0 Å². The Balaban J connectivity index is 0.000000509. The van der Waals surface area contributed by atoms with Crippen LogP contribution in [0.3, 0.4) is 0 Å². The zero-order chi connectivity index (χ0) is 12.6. The van der Waals surface area contributed by atoms with Gasteiger partial charge in [-0.15, -0.1) is 0 Å². The topological polar surface area (TPSA) is 15.8 Å². The van der Waals surface area contributed by atoms with Gasteiger partial charge in [0.1, 0.15) is 0 Å². The first-order valence-corrected chi connectivity index (χ1v) is 6.38. The van der Waals surface area contributed by atoms with Gasteiger partial charge in [0.15, 0.2) is 0 Å². The molecule has 0 amide bonds. The Morgan fingerprint density at radius 1 is 1.06 bits per heavy atom. The van der Waals surface area contributed by atoms with Crippen molar-refractivity contribution in [2.75, 3.05) is 0 Å². The fraction of sp³-hybridized carbons (Fsp3) is 0.467. The monoisotopic (exact) mass is 219 g/mol. The summed E-state index contributed by atoms with van der Waals surface area (Å²) in [6.07, 6.45) is 1.11. The maximum absolute atomic E-state index is 3.33. The molecule has 16 heavy (non-hydrogen) atoms. The van der Waals surface area contributed by atoms with Crippen LogP contribution in [0.15, 0.2) is 24.3 Å². The van der Waals surface area contributed by atoms with Crippen LogP contribution in [-0.4, -0.2) is 4.98 Å². The molecule has 0 spiro atoms. The van der Waals surface area contributed by atoms with Gasteiger partial charge in [-0.3, -0.25) is 0 Å². The van der Waals surface area contributed by atoms with Crippen molar-refractivity contribution in [2.24, 2.45) is 0 Å². The number of fused-ring (bicyclic) bond motifs is 1. The number of aromatic nitrogens is 1. The first-order valence-electron chi connectivity index (χ1n) is 6.38. The molecule has 0 atom stereocenters. The van der Waals surface area contributed by atoms with Gasteiger partial charge in [0.05, 0.1) is 0 Å². The van der Waals surface area contributed by atoms with Crippen molar-refractivity contribution in [3.8, 4) is 0 Å². The Morgan fingerprint density at radius 3 is 2.25 bits per heavy atom. The second-order valence-electron chi connectivity index (χ2n) is 3.18. The van der Waals surface area contributed by atoms with Gasteiger partial charge in [0, 0.05) is 16.6 Å². The molecule has 1 nitrogen and oxygen atoms in total. The van der Waals surface area contributed by atoms with E-state index in [1.807, 2.05) is 27.7 Å². The summed E-state index contributed by atoms with van der Waals surface area (Å²) in [5.74, 6) is 0. The average Bonchev–Trinajstić information content (AvgIpc) is 2.74. The number of aryl methyl sites for hydroxylation is 2. The van der Waals surface area contributed by atoms with E-state index in [2.05, 4.69) is 43.1 Å². The zero-order valence-corrected chi connectivity index (χ0v) is 11.5. The summed E-state index contributed by atoms with van der Waals surface area (Å²) in [5, 5.41) is 1.37. The van der Waals surface area contributed by atoms with Crippen molar-refractivity contribution in [2.45, 2.75) is 48.0 Å². The summed E-state index contributed by atoms with van der Waals surface area (Å²) in [6, 6.07) is 8.64. The highest BCUT2D eigenvalue weighted by molar-refractivity contribution is 5.83.